The fourth-order valence-electron chi connectivity index (χ4n) is 3.20. The largest absolute Gasteiger partial charge is 0.331 e. The molecule has 0 aliphatic rings. The molecule has 1 N–H and O–H groups in total. The lowest BCUT2D eigenvalue weighted by Gasteiger charge is -2.19. The van der Waals surface area contributed by atoms with Crippen molar-refractivity contribution >= 4 is 22.5 Å². The molecular formula is C22H25N3O3. The fraction of sp³-hybridized carbons (Fsp3) is 0.318. The molecule has 28 heavy (non-hydrogen) atoms. The predicted octanol–water partition coefficient (Wildman–Crippen LogP) is 3.12. The Morgan fingerprint density at radius 2 is 1.61 bits per heavy atom. The van der Waals surface area contributed by atoms with Crippen LogP contribution in [0.4, 0.5) is 5.69 Å². The van der Waals surface area contributed by atoms with Crippen LogP contribution in [0.2, 0.25) is 0 Å². The van der Waals surface area contributed by atoms with Crippen LogP contribution in [0, 0.1) is 0 Å². The van der Waals surface area contributed by atoms with Crippen molar-refractivity contribution in [3.63, 3.8) is 0 Å². The molecule has 0 saturated carbocycles. The Hall–Kier alpha value is -3.15. The zero-order valence-corrected chi connectivity index (χ0v) is 16.7. The van der Waals surface area contributed by atoms with E-state index in [2.05, 4.69) is 26.1 Å². The van der Waals surface area contributed by atoms with Crippen LogP contribution in [-0.2, 0) is 23.3 Å². The molecule has 0 fully saturated rings. The maximum Gasteiger partial charge on any atom is 0.331 e. The second-order valence-corrected chi connectivity index (χ2v) is 7.81. The lowest BCUT2D eigenvalue weighted by molar-refractivity contribution is -0.116. The number of carbonyl (C=O) groups is 1. The monoisotopic (exact) mass is 379 g/mol. The van der Waals surface area contributed by atoms with E-state index in [9.17, 15) is 14.4 Å². The smallest absolute Gasteiger partial charge is 0.325 e. The van der Waals surface area contributed by atoms with Crippen LogP contribution in [0.25, 0.3) is 10.9 Å². The van der Waals surface area contributed by atoms with Gasteiger partial charge in [0, 0.05) is 12.2 Å². The molecule has 1 heterocycles. The number of hydrogen-bond donors (Lipinski definition) is 1. The number of aromatic nitrogens is 2. The number of para-hydroxylation sites is 1. The average molecular weight is 379 g/mol. The molecule has 0 aliphatic carbocycles. The average Bonchev–Trinajstić information content (AvgIpc) is 2.65. The summed E-state index contributed by atoms with van der Waals surface area (Å²) in [6.07, 6.45) is 0. The van der Waals surface area contributed by atoms with E-state index in [1.165, 1.54) is 10.1 Å². The molecule has 6 nitrogen and oxygen atoms in total. The Bertz CT molecular complexity index is 1130. The SMILES string of the molecule is CCn1c(=O)c2ccccc2n(CC(=O)Nc2ccc(C(C)(C)C)cc2)c1=O. The molecule has 6 heteroatoms. The Labute approximate surface area is 163 Å². The molecule has 0 unspecified atom stereocenters. The van der Waals surface area contributed by atoms with Gasteiger partial charge in [-0.3, -0.25) is 18.7 Å². The summed E-state index contributed by atoms with van der Waals surface area (Å²) >= 11 is 0. The van der Waals surface area contributed by atoms with E-state index in [0.29, 0.717) is 16.6 Å². The van der Waals surface area contributed by atoms with Crippen molar-refractivity contribution in [1.82, 2.24) is 9.13 Å². The predicted molar refractivity (Wildman–Crippen MR) is 112 cm³/mol. The minimum atomic E-state index is -0.482. The van der Waals surface area contributed by atoms with Crippen molar-refractivity contribution in [2.24, 2.45) is 0 Å². The van der Waals surface area contributed by atoms with E-state index >= 15 is 0 Å². The van der Waals surface area contributed by atoms with Crippen LogP contribution >= 0.6 is 0 Å². The Morgan fingerprint density at radius 3 is 2.21 bits per heavy atom. The van der Waals surface area contributed by atoms with Crippen molar-refractivity contribution in [2.45, 2.75) is 46.2 Å². The van der Waals surface area contributed by atoms with Gasteiger partial charge in [-0.15, -0.1) is 0 Å². The molecule has 3 aromatic rings. The van der Waals surface area contributed by atoms with Gasteiger partial charge in [-0.05, 0) is 42.2 Å². The van der Waals surface area contributed by atoms with E-state index in [1.54, 1.807) is 31.2 Å². The Balaban J connectivity index is 1.91. The molecule has 0 aliphatic heterocycles. The lowest BCUT2D eigenvalue weighted by Crippen LogP contribution is -2.41. The van der Waals surface area contributed by atoms with Crippen LogP contribution in [0.5, 0.6) is 0 Å². The zero-order chi connectivity index (χ0) is 20.5. The number of hydrogen-bond acceptors (Lipinski definition) is 3. The molecule has 146 valence electrons. The topological polar surface area (TPSA) is 73.1 Å². The third-order valence-electron chi connectivity index (χ3n) is 4.78. The van der Waals surface area contributed by atoms with Crippen LogP contribution in [0.3, 0.4) is 0 Å². The van der Waals surface area contributed by atoms with Crippen molar-refractivity contribution in [1.29, 1.82) is 0 Å². The molecule has 0 saturated heterocycles. The number of fused-ring (bicyclic) bond motifs is 1. The number of carbonyl (C=O) groups excluding carboxylic acids is 1. The standard InChI is InChI=1S/C22H25N3O3/c1-5-24-20(27)17-8-6-7-9-18(17)25(21(24)28)14-19(26)23-16-12-10-15(11-13-16)22(2,3)4/h6-13H,5,14H2,1-4H3,(H,23,26). The van der Waals surface area contributed by atoms with Gasteiger partial charge in [-0.25, -0.2) is 4.79 Å². The summed E-state index contributed by atoms with van der Waals surface area (Å²) in [5, 5.41) is 3.25. The summed E-state index contributed by atoms with van der Waals surface area (Å²) < 4.78 is 2.49. The van der Waals surface area contributed by atoms with Crippen LogP contribution in [0.15, 0.2) is 58.1 Å². The van der Waals surface area contributed by atoms with Gasteiger partial charge in [0.15, 0.2) is 0 Å². The van der Waals surface area contributed by atoms with Gasteiger partial charge in [0.05, 0.1) is 10.9 Å². The number of nitrogens with zero attached hydrogens (tertiary/aromatic N) is 2. The highest BCUT2D eigenvalue weighted by Crippen LogP contribution is 2.23. The summed E-state index contributed by atoms with van der Waals surface area (Å²) in [7, 11) is 0. The molecule has 0 radical (unpaired) electrons. The molecule has 2 aromatic carbocycles. The number of rotatable bonds is 4. The summed E-state index contributed by atoms with van der Waals surface area (Å²) in [4.78, 5) is 37.8. The Kier molecular flexibility index (Phi) is 5.23. The van der Waals surface area contributed by atoms with Crippen molar-refractivity contribution in [3.05, 3.63) is 74.9 Å². The molecule has 1 aromatic heterocycles. The minimum Gasteiger partial charge on any atom is -0.325 e. The van der Waals surface area contributed by atoms with Gasteiger partial charge < -0.3 is 5.32 Å². The third-order valence-corrected chi connectivity index (χ3v) is 4.78. The highest BCUT2D eigenvalue weighted by molar-refractivity contribution is 5.91. The first-order valence-corrected chi connectivity index (χ1v) is 9.35. The molecule has 3 rings (SSSR count). The normalized spacial score (nSPS) is 11.6. The van der Waals surface area contributed by atoms with Gasteiger partial charge in [-0.2, -0.15) is 0 Å². The van der Waals surface area contributed by atoms with E-state index in [4.69, 9.17) is 0 Å². The summed E-state index contributed by atoms with van der Waals surface area (Å²) in [5.74, 6) is -0.322. The summed E-state index contributed by atoms with van der Waals surface area (Å²) in [6.45, 7) is 8.19. The summed E-state index contributed by atoms with van der Waals surface area (Å²) in [6, 6.07) is 14.5. The highest BCUT2D eigenvalue weighted by Gasteiger charge is 2.16. The molecule has 1 amide bonds. The quantitative estimate of drug-likeness (QED) is 0.757. The molecular weight excluding hydrogens is 354 g/mol. The molecule has 0 spiro atoms. The number of anilines is 1. The third kappa shape index (κ3) is 3.76. The Morgan fingerprint density at radius 1 is 0.964 bits per heavy atom. The van der Waals surface area contributed by atoms with Crippen LogP contribution in [0.1, 0.15) is 33.3 Å². The number of nitrogens with one attached hydrogen (secondary N) is 1. The van der Waals surface area contributed by atoms with Gasteiger partial charge >= 0.3 is 5.69 Å². The summed E-state index contributed by atoms with van der Waals surface area (Å²) in [5.41, 5.74) is 1.51. The number of amides is 1. The van der Waals surface area contributed by atoms with E-state index < -0.39 is 5.69 Å². The van der Waals surface area contributed by atoms with Gasteiger partial charge in [0.2, 0.25) is 5.91 Å². The van der Waals surface area contributed by atoms with Gasteiger partial charge in [0.1, 0.15) is 6.54 Å². The van der Waals surface area contributed by atoms with E-state index in [1.807, 2.05) is 24.3 Å². The minimum absolute atomic E-state index is 0.0304. The van der Waals surface area contributed by atoms with Crippen LogP contribution < -0.4 is 16.6 Å². The van der Waals surface area contributed by atoms with Gasteiger partial charge in [-0.1, -0.05) is 45.0 Å². The maximum absolute atomic E-state index is 12.7. The van der Waals surface area contributed by atoms with Gasteiger partial charge in [0.25, 0.3) is 5.56 Å². The lowest BCUT2D eigenvalue weighted by atomic mass is 9.87. The first-order chi connectivity index (χ1) is 13.2. The second kappa shape index (κ2) is 7.46. The highest BCUT2D eigenvalue weighted by atomic mass is 16.2. The molecule has 0 atom stereocenters. The zero-order valence-electron chi connectivity index (χ0n) is 16.7. The van der Waals surface area contributed by atoms with E-state index in [0.717, 1.165) is 4.57 Å². The van der Waals surface area contributed by atoms with Crippen molar-refractivity contribution in [2.75, 3.05) is 5.32 Å². The second-order valence-electron chi connectivity index (χ2n) is 7.81. The van der Waals surface area contributed by atoms with Crippen LogP contribution in [-0.4, -0.2) is 15.0 Å². The van der Waals surface area contributed by atoms with Crippen molar-refractivity contribution in [3.8, 4) is 0 Å². The van der Waals surface area contributed by atoms with Crippen molar-refractivity contribution < 1.29 is 4.79 Å². The maximum atomic E-state index is 12.7. The first-order valence-electron chi connectivity index (χ1n) is 9.35. The first kappa shape index (κ1) is 19.6. The fourth-order valence-corrected chi connectivity index (χ4v) is 3.20. The van der Waals surface area contributed by atoms with E-state index in [-0.39, 0.29) is 30.0 Å². The molecule has 0 bridgehead atoms. The number of benzene rings is 2.